The fraction of sp³-hybridized carbons (Fsp3) is 0.692. The van der Waals surface area contributed by atoms with Gasteiger partial charge in [0.1, 0.15) is 0 Å². The first-order chi connectivity index (χ1) is 7.30. The summed E-state index contributed by atoms with van der Waals surface area (Å²) in [5, 5.41) is 5.91. The van der Waals surface area contributed by atoms with Crippen LogP contribution in [0.15, 0.2) is 17.5 Å². The highest BCUT2D eigenvalue weighted by Crippen LogP contribution is 2.13. The summed E-state index contributed by atoms with van der Waals surface area (Å²) in [6.07, 6.45) is 4.87. The Morgan fingerprint density at radius 1 is 1.13 bits per heavy atom. The summed E-state index contributed by atoms with van der Waals surface area (Å²) in [6.45, 7) is 6.80. The van der Waals surface area contributed by atoms with Crippen LogP contribution in [-0.4, -0.2) is 12.1 Å². The van der Waals surface area contributed by atoms with Crippen LogP contribution in [0.4, 0.5) is 0 Å². The molecule has 1 rings (SSSR count). The third-order valence-electron chi connectivity index (χ3n) is 2.98. The minimum atomic E-state index is 0.647. The molecule has 0 fully saturated rings. The Labute approximate surface area is 97.9 Å². The van der Waals surface area contributed by atoms with Crippen LogP contribution in [-0.2, 0) is 6.42 Å². The predicted molar refractivity (Wildman–Crippen MR) is 69.6 cm³/mol. The molecule has 1 unspecified atom stereocenters. The molecule has 0 aliphatic heterocycles. The van der Waals surface area contributed by atoms with Crippen LogP contribution in [0.3, 0.4) is 0 Å². The van der Waals surface area contributed by atoms with Crippen LogP contribution in [0.2, 0.25) is 0 Å². The maximum Gasteiger partial charge on any atom is 0.0115 e. The average molecular weight is 225 g/mol. The van der Waals surface area contributed by atoms with Crippen LogP contribution < -0.4 is 5.32 Å². The van der Waals surface area contributed by atoms with E-state index >= 15 is 0 Å². The molecule has 15 heavy (non-hydrogen) atoms. The molecule has 86 valence electrons. The van der Waals surface area contributed by atoms with Crippen LogP contribution in [0.5, 0.6) is 0 Å². The van der Waals surface area contributed by atoms with E-state index in [1.165, 1.54) is 30.6 Å². The van der Waals surface area contributed by atoms with Crippen molar-refractivity contribution in [3.8, 4) is 0 Å². The van der Waals surface area contributed by atoms with E-state index < -0.39 is 0 Å². The number of thiophene rings is 1. The minimum absolute atomic E-state index is 0.647. The van der Waals surface area contributed by atoms with Crippen LogP contribution in [0.1, 0.15) is 44.9 Å². The monoisotopic (exact) mass is 225 g/mol. The third kappa shape index (κ3) is 4.35. The van der Waals surface area contributed by atoms with Gasteiger partial charge < -0.3 is 5.32 Å². The Balaban J connectivity index is 2.42. The Hall–Kier alpha value is -0.340. The maximum atomic E-state index is 3.75. The van der Waals surface area contributed by atoms with E-state index in [-0.39, 0.29) is 0 Å². The Kier molecular flexibility index (Phi) is 5.96. The van der Waals surface area contributed by atoms with Crippen LogP contribution in [0, 0.1) is 0 Å². The summed E-state index contributed by atoms with van der Waals surface area (Å²) >= 11 is 1.87. The van der Waals surface area contributed by atoms with Gasteiger partial charge in [0.15, 0.2) is 0 Å². The van der Waals surface area contributed by atoms with Crippen molar-refractivity contribution in [3.63, 3.8) is 0 Å². The predicted octanol–water partition coefficient (Wildman–Crippen LogP) is 3.85. The molecule has 0 saturated heterocycles. The SMILES string of the molecule is CCC(CC)NC(CC)Cc1cccs1. The topological polar surface area (TPSA) is 12.0 Å². The second-order valence-corrected chi connectivity index (χ2v) is 5.10. The average Bonchev–Trinajstić information content (AvgIpc) is 2.76. The molecule has 0 amide bonds. The van der Waals surface area contributed by atoms with Gasteiger partial charge in [-0.2, -0.15) is 0 Å². The van der Waals surface area contributed by atoms with Gasteiger partial charge in [-0.25, -0.2) is 0 Å². The van der Waals surface area contributed by atoms with Gasteiger partial charge >= 0.3 is 0 Å². The highest BCUT2D eigenvalue weighted by atomic mass is 32.1. The quantitative estimate of drug-likeness (QED) is 0.743. The molecule has 1 atom stereocenters. The molecule has 0 aliphatic carbocycles. The van der Waals surface area contributed by atoms with Crippen LogP contribution in [0.25, 0.3) is 0 Å². The number of hydrogen-bond acceptors (Lipinski definition) is 2. The van der Waals surface area contributed by atoms with Crippen molar-refractivity contribution in [1.82, 2.24) is 5.32 Å². The number of rotatable bonds is 7. The summed E-state index contributed by atoms with van der Waals surface area (Å²) in [7, 11) is 0. The van der Waals surface area contributed by atoms with Crippen molar-refractivity contribution in [1.29, 1.82) is 0 Å². The smallest absolute Gasteiger partial charge is 0.0115 e. The van der Waals surface area contributed by atoms with Gasteiger partial charge in [0.2, 0.25) is 0 Å². The zero-order valence-corrected chi connectivity index (χ0v) is 10.9. The lowest BCUT2D eigenvalue weighted by atomic mass is 10.1. The van der Waals surface area contributed by atoms with Gasteiger partial charge in [0.25, 0.3) is 0 Å². The van der Waals surface area contributed by atoms with Crippen molar-refractivity contribution >= 4 is 11.3 Å². The summed E-state index contributed by atoms with van der Waals surface area (Å²) in [4.78, 5) is 1.50. The molecule has 0 aliphatic rings. The first-order valence-electron chi connectivity index (χ1n) is 6.08. The van der Waals surface area contributed by atoms with E-state index in [4.69, 9.17) is 0 Å². The van der Waals surface area contributed by atoms with E-state index in [1.807, 2.05) is 11.3 Å². The zero-order valence-electron chi connectivity index (χ0n) is 10.1. The van der Waals surface area contributed by atoms with Crippen molar-refractivity contribution in [2.45, 2.75) is 58.5 Å². The lowest BCUT2D eigenvalue weighted by Gasteiger charge is -2.22. The Morgan fingerprint density at radius 3 is 2.27 bits per heavy atom. The van der Waals surface area contributed by atoms with E-state index in [2.05, 4.69) is 43.6 Å². The van der Waals surface area contributed by atoms with E-state index in [9.17, 15) is 0 Å². The second-order valence-electron chi connectivity index (χ2n) is 4.07. The van der Waals surface area contributed by atoms with Gasteiger partial charge in [-0.05, 0) is 37.1 Å². The van der Waals surface area contributed by atoms with E-state index in [1.54, 1.807) is 0 Å². The van der Waals surface area contributed by atoms with Gasteiger partial charge in [-0.3, -0.25) is 0 Å². The first-order valence-corrected chi connectivity index (χ1v) is 6.96. The Morgan fingerprint density at radius 2 is 1.80 bits per heavy atom. The molecule has 0 spiro atoms. The summed E-state index contributed by atoms with van der Waals surface area (Å²) in [6, 6.07) is 5.72. The second kappa shape index (κ2) is 7.02. The van der Waals surface area contributed by atoms with Crippen molar-refractivity contribution in [3.05, 3.63) is 22.4 Å². The van der Waals surface area contributed by atoms with Gasteiger partial charge in [0, 0.05) is 17.0 Å². The van der Waals surface area contributed by atoms with E-state index in [0.29, 0.717) is 12.1 Å². The highest BCUT2D eigenvalue weighted by molar-refractivity contribution is 7.09. The maximum absolute atomic E-state index is 3.75. The van der Waals surface area contributed by atoms with Gasteiger partial charge in [-0.1, -0.05) is 26.8 Å². The first kappa shape index (κ1) is 12.7. The van der Waals surface area contributed by atoms with Gasteiger partial charge in [-0.15, -0.1) is 11.3 Å². The fourth-order valence-corrected chi connectivity index (χ4v) is 2.64. The molecule has 1 heterocycles. The number of nitrogens with one attached hydrogen (secondary N) is 1. The molecule has 1 N–H and O–H groups in total. The molecular formula is C13H23NS. The lowest BCUT2D eigenvalue weighted by molar-refractivity contribution is 0.398. The third-order valence-corrected chi connectivity index (χ3v) is 3.88. The lowest BCUT2D eigenvalue weighted by Crippen LogP contribution is -2.38. The number of hydrogen-bond donors (Lipinski definition) is 1. The van der Waals surface area contributed by atoms with Gasteiger partial charge in [0.05, 0.1) is 0 Å². The summed E-state index contributed by atoms with van der Waals surface area (Å²) in [5.74, 6) is 0. The molecule has 2 heteroatoms. The van der Waals surface area contributed by atoms with Crippen LogP contribution >= 0.6 is 11.3 Å². The normalized spacial score (nSPS) is 13.3. The van der Waals surface area contributed by atoms with Crippen molar-refractivity contribution in [2.75, 3.05) is 0 Å². The molecule has 1 aromatic heterocycles. The van der Waals surface area contributed by atoms with Crippen molar-refractivity contribution < 1.29 is 0 Å². The molecule has 0 bridgehead atoms. The zero-order chi connectivity index (χ0) is 11.1. The molecular weight excluding hydrogens is 202 g/mol. The molecule has 1 nitrogen and oxygen atoms in total. The largest absolute Gasteiger partial charge is 0.311 e. The standard InChI is InChI=1S/C13H23NS/c1-4-11(5-2)14-12(6-3)10-13-8-7-9-15-13/h7-9,11-12,14H,4-6,10H2,1-3H3. The van der Waals surface area contributed by atoms with Crippen molar-refractivity contribution in [2.24, 2.45) is 0 Å². The molecule has 0 aromatic carbocycles. The van der Waals surface area contributed by atoms with E-state index in [0.717, 1.165) is 0 Å². The molecule has 1 aromatic rings. The highest BCUT2D eigenvalue weighted by Gasteiger charge is 2.11. The molecule has 0 radical (unpaired) electrons. The Bertz CT molecular complexity index is 239. The fourth-order valence-electron chi connectivity index (χ4n) is 1.85. The summed E-state index contributed by atoms with van der Waals surface area (Å²) < 4.78 is 0. The molecule has 0 saturated carbocycles. The summed E-state index contributed by atoms with van der Waals surface area (Å²) in [5.41, 5.74) is 0. The minimum Gasteiger partial charge on any atom is -0.311 e.